The minimum Gasteiger partial charge on any atom is -0.465 e. The van der Waals surface area contributed by atoms with Gasteiger partial charge in [0.15, 0.2) is 5.78 Å². The molecule has 130 valence electrons. The van der Waals surface area contributed by atoms with Gasteiger partial charge in [-0.2, -0.15) is 0 Å². The minimum absolute atomic E-state index is 0.102. The summed E-state index contributed by atoms with van der Waals surface area (Å²) < 4.78 is 6.44. The lowest BCUT2D eigenvalue weighted by molar-refractivity contribution is 0.0599. The maximum atomic E-state index is 12.8. The Morgan fingerprint density at radius 1 is 1.25 bits per heavy atom. The molecule has 2 aromatic rings. The molecule has 0 saturated carbocycles. The number of Topliss-reactive ketones (excluding diaryl/α,β-unsaturated/α-hetero) is 1. The molecule has 8 nitrogen and oxygen atoms in total. The van der Waals surface area contributed by atoms with Crippen LogP contribution >= 0.6 is 11.8 Å². The number of hydrogen-bond donors (Lipinski definition) is 1. The summed E-state index contributed by atoms with van der Waals surface area (Å²) in [7, 11) is 1.32. The monoisotopic (exact) mass is 351 g/mol. The first-order valence-electron chi connectivity index (χ1n) is 7.54. The normalized spacial score (nSPS) is 12.5. The van der Waals surface area contributed by atoms with Gasteiger partial charge in [0.25, 0.3) is 0 Å². The zero-order valence-electron chi connectivity index (χ0n) is 14.6. The fourth-order valence-corrected chi connectivity index (χ4v) is 3.39. The summed E-state index contributed by atoms with van der Waals surface area (Å²) in [4.78, 5) is 27.6. The fourth-order valence-electron chi connectivity index (χ4n) is 2.41. The van der Waals surface area contributed by atoms with E-state index in [4.69, 9.17) is 4.74 Å². The Bertz CT molecular complexity index is 765. The molecule has 0 unspecified atom stereocenters. The van der Waals surface area contributed by atoms with E-state index < -0.39 is 11.2 Å². The molecular weight excluding hydrogens is 330 g/mol. The third-order valence-corrected chi connectivity index (χ3v) is 4.72. The standard InChI is InChI=1S/C15H21N5O3S/c1-7(2)20-15(17-18-19-20)24-10(5)13(21)12-8(3)11(9(4)16-12)14(22)23-6/h7,10,16H,1-6H3/t10-/m1/s1. The van der Waals surface area contributed by atoms with Crippen molar-refractivity contribution in [2.24, 2.45) is 0 Å². The van der Waals surface area contributed by atoms with E-state index in [0.717, 1.165) is 0 Å². The molecule has 0 aliphatic carbocycles. The first-order valence-corrected chi connectivity index (χ1v) is 8.42. The van der Waals surface area contributed by atoms with Gasteiger partial charge in [-0.15, -0.1) is 5.10 Å². The van der Waals surface area contributed by atoms with E-state index in [0.29, 0.717) is 27.7 Å². The average molecular weight is 351 g/mol. The number of carbonyl (C=O) groups excluding carboxylic acids is 2. The number of methoxy groups -OCH3 is 1. The summed E-state index contributed by atoms with van der Waals surface area (Å²) in [6, 6.07) is 0.102. The highest BCUT2D eigenvalue weighted by Crippen LogP contribution is 2.27. The number of aryl methyl sites for hydroxylation is 1. The number of nitrogens with one attached hydrogen (secondary N) is 1. The molecule has 0 aliphatic rings. The van der Waals surface area contributed by atoms with Crippen LogP contribution in [-0.2, 0) is 4.74 Å². The third kappa shape index (κ3) is 3.35. The van der Waals surface area contributed by atoms with Crippen LogP contribution in [0.5, 0.6) is 0 Å². The summed E-state index contributed by atoms with van der Waals surface area (Å²) in [5, 5.41) is 11.7. The van der Waals surface area contributed by atoms with Crippen LogP contribution in [0.1, 0.15) is 58.9 Å². The van der Waals surface area contributed by atoms with Crippen LogP contribution in [0.3, 0.4) is 0 Å². The van der Waals surface area contributed by atoms with Crippen LogP contribution in [0.25, 0.3) is 0 Å². The number of thioether (sulfide) groups is 1. The lowest BCUT2D eigenvalue weighted by atomic mass is 10.1. The van der Waals surface area contributed by atoms with Gasteiger partial charge in [-0.25, -0.2) is 9.48 Å². The number of hydrogen-bond acceptors (Lipinski definition) is 7. The molecule has 0 bridgehead atoms. The van der Waals surface area contributed by atoms with Crippen LogP contribution in [0.2, 0.25) is 0 Å². The van der Waals surface area contributed by atoms with Crippen LogP contribution in [0.4, 0.5) is 0 Å². The number of aromatic nitrogens is 5. The van der Waals surface area contributed by atoms with Crippen LogP contribution < -0.4 is 0 Å². The molecule has 0 aromatic carbocycles. The van der Waals surface area contributed by atoms with Crippen molar-refractivity contribution in [3.8, 4) is 0 Å². The first kappa shape index (κ1) is 18.2. The van der Waals surface area contributed by atoms with Crippen molar-refractivity contribution in [1.29, 1.82) is 0 Å². The minimum atomic E-state index is -0.454. The van der Waals surface area contributed by atoms with Crippen molar-refractivity contribution in [2.75, 3.05) is 7.11 Å². The molecule has 0 spiro atoms. The molecule has 1 N–H and O–H groups in total. The van der Waals surface area contributed by atoms with Gasteiger partial charge in [0.1, 0.15) is 0 Å². The number of esters is 1. The van der Waals surface area contributed by atoms with Gasteiger partial charge in [0.2, 0.25) is 5.16 Å². The number of nitrogens with zero attached hydrogens (tertiary/aromatic N) is 4. The van der Waals surface area contributed by atoms with Gasteiger partial charge in [-0.05, 0) is 50.6 Å². The highest BCUT2D eigenvalue weighted by molar-refractivity contribution is 8.00. The molecule has 2 rings (SSSR count). The zero-order valence-corrected chi connectivity index (χ0v) is 15.4. The second kappa shape index (κ2) is 7.16. The van der Waals surface area contributed by atoms with E-state index in [-0.39, 0.29) is 11.8 Å². The molecular formula is C15H21N5O3S. The van der Waals surface area contributed by atoms with Gasteiger partial charge in [-0.1, -0.05) is 11.8 Å². The highest BCUT2D eigenvalue weighted by Gasteiger charge is 2.27. The van der Waals surface area contributed by atoms with Crippen molar-refractivity contribution in [3.63, 3.8) is 0 Å². The molecule has 0 aliphatic heterocycles. The zero-order chi connectivity index (χ0) is 18.0. The Morgan fingerprint density at radius 3 is 2.50 bits per heavy atom. The quantitative estimate of drug-likeness (QED) is 0.484. The Hall–Kier alpha value is -2.16. The predicted molar refractivity (Wildman–Crippen MR) is 89.5 cm³/mol. The summed E-state index contributed by atoms with van der Waals surface area (Å²) in [5.41, 5.74) is 2.04. The molecule has 0 fully saturated rings. The molecule has 9 heteroatoms. The first-order chi connectivity index (χ1) is 11.3. The Kier molecular flexibility index (Phi) is 5.43. The number of H-pyrrole nitrogens is 1. The molecule has 24 heavy (non-hydrogen) atoms. The van der Waals surface area contributed by atoms with E-state index in [2.05, 4.69) is 20.5 Å². The molecule has 2 heterocycles. The summed E-state index contributed by atoms with van der Waals surface area (Å²) >= 11 is 1.29. The Balaban J connectivity index is 2.25. The van der Waals surface area contributed by atoms with Crippen molar-refractivity contribution >= 4 is 23.5 Å². The largest absolute Gasteiger partial charge is 0.465 e. The summed E-state index contributed by atoms with van der Waals surface area (Å²) in [5.74, 6) is -0.571. The van der Waals surface area contributed by atoms with Crippen molar-refractivity contribution in [1.82, 2.24) is 25.2 Å². The molecule has 0 radical (unpaired) electrons. The van der Waals surface area contributed by atoms with E-state index in [1.807, 2.05) is 13.8 Å². The number of aromatic amines is 1. The predicted octanol–water partition coefficient (Wildman–Crippen LogP) is 2.35. The fraction of sp³-hybridized carbons (Fsp3) is 0.533. The Labute approximate surface area is 144 Å². The summed E-state index contributed by atoms with van der Waals surface area (Å²) in [6.07, 6.45) is 0. The van der Waals surface area contributed by atoms with Gasteiger partial charge in [0, 0.05) is 5.69 Å². The molecule has 1 atom stereocenters. The van der Waals surface area contributed by atoms with Crippen LogP contribution in [0.15, 0.2) is 5.16 Å². The molecule has 0 amide bonds. The summed E-state index contributed by atoms with van der Waals surface area (Å²) in [6.45, 7) is 9.20. The number of ketones is 1. The lowest BCUT2D eigenvalue weighted by Gasteiger charge is -2.11. The topological polar surface area (TPSA) is 103 Å². The number of ether oxygens (including phenoxy) is 1. The van der Waals surface area contributed by atoms with E-state index in [9.17, 15) is 9.59 Å². The second-order valence-corrected chi connectivity index (χ2v) is 7.05. The SMILES string of the molecule is COC(=O)c1c(C)[nH]c(C(=O)[C@@H](C)Sc2nnnn2C(C)C)c1C. The smallest absolute Gasteiger partial charge is 0.339 e. The van der Waals surface area contributed by atoms with Crippen molar-refractivity contribution in [2.45, 2.75) is 51.1 Å². The van der Waals surface area contributed by atoms with Crippen LogP contribution in [0, 0.1) is 13.8 Å². The lowest BCUT2D eigenvalue weighted by Crippen LogP contribution is -2.17. The van der Waals surface area contributed by atoms with Crippen LogP contribution in [-0.4, -0.2) is 49.3 Å². The van der Waals surface area contributed by atoms with Gasteiger partial charge in [-0.3, -0.25) is 4.79 Å². The second-order valence-electron chi connectivity index (χ2n) is 5.74. The average Bonchev–Trinajstić information content (AvgIpc) is 3.10. The maximum absolute atomic E-state index is 12.8. The van der Waals surface area contributed by atoms with Crippen molar-refractivity contribution in [3.05, 3.63) is 22.5 Å². The Morgan fingerprint density at radius 2 is 1.92 bits per heavy atom. The van der Waals surface area contributed by atoms with E-state index >= 15 is 0 Å². The van der Waals surface area contributed by atoms with Gasteiger partial charge in [0.05, 0.1) is 29.7 Å². The molecule has 2 aromatic heterocycles. The van der Waals surface area contributed by atoms with Crippen molar-refractivity contribution < 1.29 is 14.3 Å². The van der Waals surface area contributed by atoms with E-state index in [1.165, 1.54) is 18.9 Å². The highest BCUT2D eigenvalue weighted by atomic mass is 32.2. The number of carbonyl (C=O) groups is 2. The molecule has 0 saturated heterocycles. The van der Waals surface area contributed by atoms with E-state index in [1.54, 1.807) is 25.5 Å². The van der Waals surface area contributed by atoms with Gasteiger partial charge >= 0.3 is 5.97 Å². The number of tetrazole rings is 1. The maximum Gasteiger partial charge on any atom is 0.339 e. The number of rotatable bonds is 6. The van der Waals surface area contributed by atoms with Gasteiger partial charge < -0.3 is 9.72 Å². The third-order valence-electron chi connectivity index (χ3n) is 3.68.